The first-order valence-corrected chi connectivity index (χ1v) is 13.7. The van der Waals surface area contributed by atoms with Crippen LogP contribution in [-0.2, 0) is 31.9 Å². The molecule has 0 radical (unpaired) electrons. The Hall–Kier alpha value is -3.75. The van der Waals surface area contributed by atoms with Crippen LogP contribution in [0, 0.1) is 6.07 Å². The molecule has 3 aromatic carbocycles. The quantitative estimate of drug-likeness (QED) is 0.186. The third-order valence-corrected chi connectivity index (χ3v) is 7.55. The van der Waals surface area contributed by atoms with Crippen LogP contribution in [0.1, 0.15) is 52.7 Å². The van der Waals surface area contributed by atoms with Gasteiger partial charge in [-0.2, -0.15) is 0 Å². The number of fused-ring (bicyclic) bond motifs is 3. The zero-order valence-corrected chi connectivity index (χ0v) is 26.5. The van der Waals surface area contributed by atoms with E-state index in [2.05, 4.69) is 106 Å². The molecule has 3 heterocycles. The van der Waals surface area contributed by atoms with Crippen molar-refractivity contribution in [1.82, 2.24) is 14.5 Å². The summed E-state index contributed by atoms with van der Waals surface area (Å²) in [5.74, 6) is 1.06. The SMILES string of the molecule is CC(C)(C)c1cc(-c2cccc(-n3c4[c-]c(-c5ccccn5)ccc4c4ccccc43)n2)c(O)c(C(C)(C)C)c1.[Pt]. The van der Waals surface area contributed by atoms with E-state index in [1.807, 2.05) is 36.4 Å². The van der Waals surface area contributed by atoms with E-state index in [9.17, 15) is 5.11 Å². The molecular formula is C36H34N3OPt-. The molecule has 3 aromatic heterocycles. The van der Waals surface area contributed by atoms with Crippen molar-refractivity contribution in [3.05, 3.63) is 108 Å². The van der Waals surface area contributed by atoms with Gasteiger partial charge in [-0.25, -0.2) is 4.98 Å². The average molecular weight is 720 g/mol. The second kappa shape index (κ2) is 10.6. The number of aromatic nitrogens is 3. The van der Waals surface area contributed by atoms with Gasteiger partial charge in [0.1, 0.15) is 11.6 Å². The molecule has 41 heavy (non-hydrogen) atoms. The number of aromatic hydroxyl groups is 1. The van der Waals surface area contributed by atoms with E-state index >= 15 is 0 Å². The van der Waals surface area contributed by atoms with Crippen molar-refractivity contribution in [3.63, 3.8) is 0 Å². The number of phenolic OH excluding ortho intramolecular Hbond substituents is 1. The average Bonchev–Trinajstić information content (AvgIpc) is 3.26. The molecule has 1 N–H and O–H groups in total. The number of nitrogens with zero attached hydrogens (tertiary/aromatic N) is 3. The van der Waals surface area contributed by atoms with Gasteiger partial charge in [-0.15, -0.1) is 23.8 Å². The largest absolute Gasteiger partial charge is 0.507 e. The predicted octanol–water partition coefficient (Wildman–Crippen LogP) is 9.01. The molecule has 0 spiro atoms. The topological polar surface area (TPSA) is 50.9 Å². The van der Waals surface area contributed by atoms with E-state index < -0.39 is 0 Å². The van der Waals surface area contributed by atoms with Gasteiger partial charge in [-0.1, -0.05) is 89.4 Å². The summed E-state index contributed by atoms with van der Waals surface area (Å²) in [7, 11) is 0. The summed E-state index contributed by atoms with van der Waals surface area (Å²) in [4.78, 5) is 9.71. The Morgan fingerprint density at radius 3 is 2.17 bits per heavy atom. The number of rotatable bonds is 3. The monoisotopic (exact) mass is 719 g/mol. The van der Waals surface area contributed by atoms with Crippen LogP contribution in [0.15, 0.2) is 91.1 Å². The van der Waals surface area contributed by atoms with Crippen LogP contribution < -0.4 is 0 Å². The maximum Gasteiger partial charge on any atom is 0.136 e. The van der Waals surface area contributed by atoms with E-state index in [0.29, 0.717) is 0 Å². The van der Waals surface area contributed by atoms with Crippen molar-refractivity contribution in [1.29, 1.82) is 0 Å². The summed E-state index contributed by atoms with van der Waals surface area (Å²) in [6.07, 6.45) is 1.80. The van der Waals surface area contributed by atoms with Gasteiger partial charge in [0, 0.05) is 43.9 Å². The Kier molecular flexibility index (Phi) is 7.42. The van der Waals surface area contributed by atoms with Gasteiger partial charge in [0.15, 0.2) is 0 Å². The number of phenols is 1. The van der Waals surface area contributed by atoms with Gasteiger partial charge < -0.3 is 14.7 Å². The van der Waals surface area contributed by atoms with Crippen molar-refractivity contribution in [2.45, 2.75) is 52.4 Å². The molecule has 6 aromatic rings. The molecule has 210 valence electrons. The van der Waals surface area contributed by atoms with Crippen molar-refractivity contribution in [3.8, 4) is 34.1 Å². The molecule has 0 saturated heterocycles. The van der Waals surface area contributed by atoms with Crippen LogP contribution in [0.4, 0.5) is 0 Å². The van der Waals surface area contributed by atoms with Crippen molar-refractivity contribution in [2.75, 3.05) is 0 Å². The number of benzene rings is 3. The van der Waals surface area contributed by atoms with E-state index in [1.54, 1.807) is 6.20 Å². The molecule has 0 aliphatic heterocycles. The van der Waals surface area contributed by atoms with E-state index in [4.69, 9.17) is 4.98 Å². The zero-order chi connectivity index (χ0) is 28.2. The second-order valence-corrected chi connectivity index (χ2v) is 12.5. The Labute approximate surface area is 256 Å². The van der Waals surface area contributed by atoms with Gasteiger partial charge >= 0.3 is 0 Å². The number of pyridine rings is 2. The van der Waals surface area contributed by atoms with Gasteiger partial charge in [-0.3, -0.25) is 0 Å². The fourth-order valence-electron chi connectivity index (χ4n) is 5.33. The smallest absolute Gasteiger partial charge is 0.136 e. The van der Waals surface area contributed by atoms with Gasteiger partial charge in [0.2, 0.25) is 0 Å². The molecule has 0 unspecified atom stereocenters. The maximum atomic E-state index is 11.5. The normalized spacial score (nSPS) is 12.0. The fourth-order valence-corrected chi connectivity index (χ4v) is 5.33. The van der Waals surface area contributed by atoms with Gasteiger partial charge in [-0.05, 0) is 63.3 Å². The molecule has 0 fully saturated rings. The molecular weight excluding hydrogens is 685 g/mol. The van der Waals surface area contributed by atoms with Crippen molar-refractivity contribution < 1.29 is 26.2 Å². The van der Waals surface area contributed by atoms with E-state index in [0.717, 1.165) is 55.7 Å². The Balaban J connectivity index is 0.00000337. The van der Waals surface area contributed by atoms with Crippen molar-refractivity contribution >= 4 is 21.8 Å². The number of para-hydroxylation sites is 1. The summed E-state index contributed by atoms with van der Waals surface area (Å²) in [5, 5.41) is 13.8. The third-order valence-electron chi connectivity index (χ3n) is 7.55. The summed E-state index contributed by atoms with van der Waals surface area (Å²) in [6.45, 7) is 13.0. The molecule has 0 bridgehead atoms. The predicted molar refractivity (Wildman–Crippen MR) is 165 cm³/mol. The molecule has 0 aliphatic carbocycles. The van der Waals surface area contributed by atoms with Crippen LogP contribution >= 0.6 is 0 Å². The zero-order valence-electron chi connectivity index (χ0n) is 24.3. The summed E-state index contributed by atoms with van der Waals surface area (Å²) in [6, 6.07) is 32.4. The number of hydrogen-bond donors (Lipinski definition) is 1. The number of hydrogen-bond acceptors (Lipinski definition) is 3. The maximum absolute atomic E-state index is 11.5. The van der Waals surface area contributed by atoms with Gasteiger partial charge in [0.05, 0.1) is 5.69 Å². The first-order chi connectivity index (χ1) is 19.0. The molecule has 0 saturated carbocycles. The molecule has 4 nitrogen and oxygen atoms in total. The Bertz CT molecular complexity index is 1880. The molecule has 0 aliphatic rings. The van der Waals surface area contributed by atoms with Crippen LogP contribution in [-0.4, -0.2) is 19.6 Å². The summed E-state index contributed by atoms with van der Waals surface area (Å²) in [5.41, 5.74) is 7.08. The van der Waals surface area contributed by atoms with Gasteiger partial charge in [0.25, 0.3) is 0 Å². The second-order valence-electron chi connectivity index (χ2n) is 12.5. The Morgan fingerprint density at radius 1 is 0.732 bits per heavy atom. The molecule has 6 rings (SSSR count). The Morgan fingerprint density at radius 2 is 1.46 bits per heavy atom. The van der Waals surface area contributed by atoms with Crippen molar-refractivity contribution in [2.24, 2.45) is 0 Å². The first kappa shape index (κ1) is 28.8. The van der Waals surface area contributed by atoms with Crippen LogP contribution in [0.3, 0.4) is 0 Å². The summed E-state index contributed by atoms with van der Waals surface area (Å²) >= 11 is 0. The minimum absolute atomic E-state index is 0. The summed E-state index contributed by atoms with van der Waals surface area (Å²) < 4.78 is 2.16. The molecule has 0 atom stereocenters. The minimum Gasteiger partial charge on any atom is -0.507 e. The molecule has 5 heteroatoms. The van der Waals surface area contributed by atoms with Crippen LogP contribution in [0.25, 0.3) is 50.1 Å². The van der Waals surface area contributed by atoms with E-state index in [1.165, 1.54) is 5.56 Å². The minimum atomic E-state index is -0.221. The molecule has 0 amide bonds. The standard InChI is InChI=1S/C36H34N3O.Pt/c1-35(2,3)24-21-27(34(40)28(22-24)36(4,5)6)30-14-11-16-33(38-30)39-31-15-8-7-12-25(31)26-18-17-23(20-32(26)39)29-13-9-10-19-37-29;/h7-19,21-22,40H,1-6H3;/q-1;. The van der Waals surface area contributed by atoms with E-state index in [-0.39, 0.29) is 37.6 Å². The fraction of sp³-hybridized carbons (Fsp3) is 0.222. The van der Waals surface area contributed by atoms with Crippen LogP contribution in [0.5, 0.6) is 5.75 Å². The van der Waals surface area contributed by atoms with Crippen LogP contribution in [0.2, 0.25) is 0 Å². The third kappa shape index (κ3) is 5.22. The first-order valence-electron chi connectivity index (χ1n) is 13.7.